The van der Waals surface area contributed by atoms with Crippen LogP contribution in [0.4, 0.5) is 5.69 Å². The van der Waals surface area contributed by atoms with Crippen LogP contribution >= 0.6 is 0 Å². The van der Waals surface area contributed by atoms with Gasteiger partial charge in [-0.25, -0.2) is 0 Å². The van der Waals surface area contributed by atoms with Crippen molar-refractivity contribution in [3.05, 3.63) is 36.6 Å². The quantitative estimate of drug-likeness (QED) is 0.462. The molecule has 4 heteroatoms. The zero-order valence-electron chi connectivity index (χ0n) is 8.27. The normalized spacial score (nSPS) is 9.93. The Bertz CT molecular complexity index is 368. The van der Waals surface area contributed by atoms with Gasteiger partial charge in [0.2, 0.25) is 5.91 Å². The summed E-state index contributed by atoms with van der Waals surface area (Å²) in [5.41, 5.74) is 0.703. The van der Waals surface area contributed by atoms with E-state index in [0.29, 0.717) is 17.7 Å². The molecule has 78 valence electrons. The molecule has 4 nitrogen and oxygen atoms in total. The van der Waals surface area contributed by atoms with E-state index < -0.39 is 0 Å². The lowest BCUT2D eigenvalue weighted by molar-refractivity contribution is -0.114. The van der Waals surface area contributed by atoms with E-state index in [1.165, 1.54) is 19.3 Å². The number of hydrogen-bond acceptors (Lipinski definition) is 3. The molecule has 0 aliphatic carbocycles. The fourth-order valence-electron chi connectivity index (χ4n) is 0.970. The molecule has 0 heterocycles. The van der Waals surface area contributed by atoms with Crippen LogP contribution in [0.25, 0.3) is 0 Å². The fraction of sp³-hybridized carbons (Fsp3) is 0.0909. The summed E-state index contributed by atoms with van der Waals surface area (Å²) in [6.07, 6.45) is 3.17. The highest BCUT2D eigenvalue weighted by molar-refractivity contribution is 5.88. The molecule has 1 N–H and O–H groups in total. The third-order valence-electron chi connectivity index (χ3n) is 1.54. The number of rotatable bonds is 4. The zero-order chi connectivity index (χ0) is 11.1. The van der Waals surface area contributed by atoms with Crippen molar-refractivity contribution in [1.82, 2.24) is 0 Å². The Hall–Kier alpha value is -2.10. The van der Waals surface area contributed by atoms with Gasteiger partial charge in [0.15, 0.2) is 0 Å². The second kappa shape index (κ2) is 5.59. The first-order valence-corrected chi connectivity index (χ1v) is 4.37. The molecule has 0 saturated heterocycles. The van der Waals surface area contributed by atoms with Crippen LogP contribution in [0.1, 0.15) is 6.92 Å². The SMILES string of the molecule is CC(=O)Nc1ccc(O/C=C/C=O)cc1. The standard InChI is InChI=1S/C11H11NO3/c1-9(14)12-10-3-5-11(6-4-10)15-8-2-7-13/h2-8H,1H3,(H,12,14)/b8-2+. The van der Waals surface area contributed by atoms with Crippen LogP contribution in [0.3, 0.4) is 0 Å². The molecule has 0 atom stereocenters. The van der Waals surface area contributed by atoms with Crippen LogP contribution in [0.2, 0.25) is 0 Å². The van der Waals surface area contributed by atoms with E-state index in [1.54, 1.807) is 24.3 Å². The molecule has 1 rings (SSSR count). The van der Waals surface area contributed by atoms with Crippen molar-refractivity contribution in [2.24, 2.45) is 0 Å². The number of ether oxygens (including phenoxy) is 1. The van der Waals surface area contributed by atoms with E-state index >= 15 is 0 Å². The molecule has 0 spiro atoms. The van der Waals surface area contributed by atoms with E-state index in [9.17, 15) is 9.59 Å². The van der Waals surface area contributed by atoms with Gasteiger partial charge in [0.25, 0.3) is 0 Å². The van der Waals surface area contributed by atoms with Crippen LogP contribution < -0.4 is 10.1 Å². The number of nitrogens with one attached hydrogen (secondary N) is 1. The number of hydrogen-bond donors (Lipinski definition) is 1. The van der Waals surface area contributed by atoms with Gasteiger partial charge in [-0.05, 0) is 24.3 Å². The summed E-state index contributed by atoms with van der Waals surface area (Å²) >= 11 is 0. The molecule has 0 unspecified atom stereocenters. The van der Waals surface area contributed by atoms with Crippen LogP contribution in [-0.4, -0.2) is 12.2 Å². The highest BCUT2D eigenvalue weighted by atomic mass is 16.5. The zero-order valence-corrected chi connectivity index (χ0v) is 8.27. The van der Waals surface area contributed by atoms with Gasteiger partial charge in [0.05, 0.1) is 6.26 Å². The number of aldehydes is 1. The number of carbonyl (C=O) groups is 2. The van der Waals surface area contributed by atoms with Crippen LogP contribution in [0, 0.1) is 0 Å². The molecular formula is C11H11NO3. The van der Waals surface area contributed by atoms with E-state index in [4.69, 9.17) is 4.74 Å². The van der Waals surface area contributed by atoms with Crippen molar-refractivity contribution in [2.45, 2.75) is 6.92 Å². The van der Waals surface area contributed by atoms with Crippen LogP contribution in [-0.2, 0) is 9.59 Å². The first-order valence-electron chi connectivity index (χ1n) is 4.37. The summed E-state index contributed by atoms with van der Waals surface area (Å²) in [5, 5.41) is 2.63. The molecular weight excluding hydrogens is 194 g/mol. The minimum atomic E-state index is -0.121. The van der Waals surface area contributed by atoms with Gasteiger partial charge in [0.1, 0.15) is 12.0 Å². The number of carbonyl (C=O) groups excluding carboxylic acids is 2. The van der Waals surface area contributed by atoms with Gasteiger partial charge >= 0.3 is 0 Å². The van der Waals surface area contributed by atoms with Crippen molar-refractivity contribution in [1.29, 1.82) is 0 Å². The second-order valence-electron chi connectivity index (χ2n) is 2.79. The maximum Gasteiger partial charge on any atom is 0.221 e. The highest BCUT2D eigenvalue weighted by Gasteiger charge is 1.95. The third-order valence-corrected chi connectivity index (χ3v) is 1.54. The lowest BCUT2D eigenvalue weighted by Gasteiger charge is -2.03. The molecule has 0 radical (unpaired) electrons. The molecule has 1 amide bonds. The maximum atomic E-state index is 10.7. The largest absolute Gasteiger partial charge is 0.465 e. The Morgan fingerprint density at radius 2 is 2.00 bits per heavy atom. The minimum Gasteiger partial charge on any atom is -0.465 e. The van der Waals surface area contributed by atoms with Gasteiger partial charge in [-0.1, -0.05) is 0 Å². The lowest BCUT2D eigenvalue weighted by atomic mass is 10.3. The molecule has 15 heavy (non-hydrogen) atoms. The molecule has 1 aromatic carbocycles. The number of allylic oxidation sites excluding steroid dienone is 1. The van der Waals surface area contributed by atoms with Crippen molar-refractivity contribution in [3.8, 4) is 5.75 Å². The first kappa shape index (κ1) is 11.0. The highest BCUT2D eigenvalue weighted by Crippen LogP contribution is 2.15. The summed E-state index contributed by atoms with van der Waals surface area (Å²) in [6, 6.07) is 6.82. The summed E-state index contributed by atoms with van der Waals surface area (Å²) in [7, 11) is 0. The fourth-order valence-corrected chi connectivity index (χ4v) is 0.970. The van der Waals surface area contributed by atoms with Crippen molar-refractivity contribution in [3.63, 3.8) is 0 Å². The number of benzene rings is 1. The Balaban J connectivity index is 2.59. The molecule has 0 saturated carbocycles. The molecule has 1 aromatic rings. The number of amides is 1. The van der Waals surface area contributed by atoms with E-state index in [1.807, 2.05) is 0 Å². The monoisotopic (exact) mass is 205 g/mol. The minimum absolute atomic E-state index is 0.121. The second-order valence-corrected chi connectivity index (χ2v) is 2.79. The van der Waals surface area contributed by atoms with E-state index in [-0.39, 0.29) is 5.91 Å². The van der Waals surface area contributed by atoms with Gasteiger partial charge < -0.3 is 10.1 Å². The van der Waals surface area contributed by atoms with Crippen molar-refractivity contribution < 1.29 is 14.3 Å². The topological polar surface area (TPSA) is 55.4 Å². The molecule has 0 bridgehead atoms. The van der Waals surface area contributed by atoms with Gasteiger partial charge in [-0.3, -0.25) is 9.59 Å². The Labute approximate surface area is 87.6 Å². The summed E-state index contributed by atoms with van der Waals surface area (Å²) < 4.78 is 5.08. The van der Waals surface area contributed by atoms with Crippen molar-refractivity contribution in [2.75, 3.05) is 5.32 Å². The predicted octanol–water partition coefficient (Wildman–Crippen LogP) is 1.74. The molecule has 0 aliphatic heterocycles. The van der Waals surface area contributed by atoms with E-state index in [0.717, 1.165) is 0 Å². The van der Waals surface area contributed by atoms with Crippen LogP contribution in [0.15, 0.2) is 36.6 Å². The molecule has 0 aromatic heterocycles. The number of anilines is 1. The molecule has 0 fully saturated rings. The Morgan fingerprint density at radius 3 is 2.53 bits per heavy atom. The van der Waals surface area contributed by atoms with Crippen molar-refractivity contribution >= 4 is 17.9 Å². The lowest BCUT2D eigenvalue weighted by Crippen LogP contribution is -2.05. The van der Waals surface area contributed by atoms with Gasteiger partial charge in [-0.15, -0.1) is 0 Å². The Kier molecular flexibility index (Phi) is 4.09. The smallest absolute Gasteiger partial charge is 0.221 e. The average molecular weight is 205 g/mol. The third kappa shape index (κ3) is 4.08. The average Bonchev–Trinajstić information content (AvgIpc) is 2.20. The maximum absolute atomic E-state index is 10.7. The summed E-state index contributed by atoms with van der Waals surface area (Å²) in [4.78, 5) is 20.7. The Morgan fingerprint density at radius 1 is 1.33 bits per heavy atom. The van der Waals surface area contributed by atoms with E-state index in [2.05, 4.69) is 5.32 Å². The van der Waals surface area contributed by atoms with Gasteiger partial charge in [0, 0.05) is 18.7 Å². The summed E-state index contributed by atoms with van der Waals surface area (Å²) in [6.45, 7) is 1.44. The molecule has 0 aliphatic rings. The van der Waals surface area contributed by atoms with Crippen LogP contribution in [0.5, 0.6) is 5.75 Å². The first-order chi connectivity index (χ1) is 7.22. The predicted molar refractivity (Wildman–Crippen MR) is 56.6 cm³/mol. The van der Waals surface area contributed by atoms with Gasteiger partial charge in [-0.2, -0.15) is 0 Å². The summed E-state index contributed by atoms with van der Waals surface area (Å²) in [5.74, 6) is 0.478.